The van der Waals surface area contributed by atoms with Gasteiger partial charge in [-0.2, -0.15) is 0 Å². The molecular weight excluding hydrogens is 296 g/mol. The highest BCUT2D eigenvalue weighted by molar-refractivity contribution is 7.20. The van der Waals surface area contributed by atoms with Gasteiger partial charge in [0.15, 0.2) is 11.6 Å². The van der Waals surface area contributed by atoms with Crippen molar-refractivity contribution in [3.05, 3.63) is 49.9 Å². The number of hydrogen-bond acceptors (Lipinski definition) is 3. The molecule has 0 spiro atoms. The van der Waals surface area contributed by atoms with Crippen LogP contribution < -0.4 is 10.5 Å². The number of nitrogens with two attached hydrogens (primary N) is 1. The average Bonchev–Trinajstić information content (AvgIpc) is 2.68. The van der Waals surface area contributed by atoms with Crippen molar-refractivity contribution in [1.29, 1.82) is 0 Å². The fourth-order valence-corrected chi connectivity index (χ4v) is 3.21. The molecule has 0 aliphatic heterocycles. The zero-order valence-electron chi connectivity index (χ0n) is 9.41. The summed E-state index contributed by atoms with van der Waals surface area (Å²) >= 11 is 13.1. The van der Waals surface area contributed by atoms with Gasteiger partial charge in [-0.1, -0.05) is 35.3 Å². The van der Waals surface area contributed by atoms with Gasteiger partial charge in [0, 0.05) is 11.1 Å². The molecule has 0 saturated heterocycles. The molecule has 0 aliphatic carbocycles. The Morgan fingerprint density at radius 1 is 1.33 bits per heavy atom. The summed E-state index contributed by atoms with van der Waals surface area (Å²) in [6.07, 6.45) is 0. The molecule has 2 N–H and O–H groups in total. The Morgan fingerprint density at radius 3 is 2.61 bits per heavy atom. The summed E-state index contributed by atoms with van der Waals surface area (Å²) in [4.78, 5) is 0. The predicted octanol–water partition coefficient (Wildman–Crippen LogP) is 4.25. The van der Waals surface area contributed by atoms with Crippen LogP contribution in [0.15, 0.2) is 24.3 Å². The third-order valence-electron chi connectivity index (χ3n) is 2.57. The highest BCUT2D eigenvalue weighted by Gasteiger charge is 2.20. The standard InChI is InChI=1S/C12H10Cl2FNOS/c1-17-8-4-2-3-6(10(8)15)11(16)7-5-9(13)18-12(7)14/h2-5,11H,16H2,1H3. The molecule has 0 saturated carbocycles. The van der Waals surface area contributed by atoms with Crippen LogP contribution in [0.5, 0.6) is 5.75 Å². The largest absolute Gasteiger partial charge is 0.494 e. The van der Waals surface area contributed by atoms with Crippen LogP contribution in [-0.4, -0.2) is 7.11 Å². The van der Waals surface area contributed by atoms with Gasteiger partial charge < -0.3 is 10.5 Å². The van der Waals surface area contributed by atoms with Crippen LogP contribution in [0, 0.1) is 5.82 Å². The maximum atomic E-state index is 14.1. The lowest BCUT2D eigenvalue weighted by Gasteiger charge is -2.14. The number of ether oxygens (including phenoxy) is 1. The van der Waals surface area contributed by atoms with E-state index < -0.39 is 11.9 Å². The van der Waals surface area contributed by atoms with Crippen molar-refractivity contribution >= 4 is 34.5 Å². The molecule has 0 bridgehead atoms. The van der Waals surface area contributed by atoms with Crippen molar-refractivity contribution in [2.45, 2.75) is 6.04 Å². The first-order valence-corrected chi connectivity index (χ1v) is 6.64. The molecular formula is C12H10Cl2FNOS. The van der Waals surface area contributed by atoms with E-state index in [1.54, 1.807) is 18.2 Å². The molecule has 2 rings (SSSR count). The number of benzene rings is 1. The van der Waals surface area contributed by atoms with E-state index in [1.807, 2.05) is 0 Å². The van der Waals surface area contributed by atoms with Gasteiger partial charge in [0.25, 0.3) is 0 Å². The molecule has 0 fully saturated rings. The smallest absolute Gasteiger partial charge is 0.170 e. The average molecular weight is 306 g/mol. The van der Waals surface area contributed by atoms with E-state index >= 15 is 0 Å². The second-order valence-electron chi connectivity index (χ2n) is 3.62. The molecule has 1 heterocycles. The second kappa shape index (κ2) is 5.45. The van der Waals surface area contributed by atoms with Gasteiger partial charge in [0.2, 0.25) is 0 Å². The van der Waals surface area contributed by atoms with Crippen LogP contribution in [0.3, 0.4) is 0 Å². The Hall–Kier alpha value is -0.810. The van der Waals surface area contributed by atoms with Crippen molar-refractivity contribution in [3.8, 4) is 5.75 Å². The van der Waals surface area contributed by atoms with Crippen molar-refractivity contribution in [2.24, 2.45) is 5.73 Å². The zero-order chi connectivity index (χ0) is 13.3. The Bertz CT molecular complexity index is 573. The van der Waals surface area contributed by atoms with Crippen molar-refractivity contribution in [1.82, 2.24) is 0 Å². The van der Waals surface area contributed by atoms with Gasteiger partial charge in [0.05, 0.1) is 21.8 Å². The predicted molar refractivity (Wildman–Crippen MR) is 73.3 cm³/mol. The van der Waals surface area contributed by atoms with Gasteiger partial charge in [0.1, 0.15) is 0 Å². The van der Waals surface area contributed by atoms with Gasteiger partial charge in [-0.25, -0.2) is 4.39 Å². The first-order chi connectivity index (χ1) is 8.54. The Morgan fingerprint density at radius 2 is 2.06 bits per heavy atom. The number of methoxy groups -OCH3 is 1. The minimum absolute atomic E-state index is 0.153. The van der Waals surface area contributed by atoms with Crippen LogP contribution in [-0.2, 0) is 0 Å². The normalized spacial score (nSPS) is 12.5. The summed E-state index contributed by atoms with van der Waals surface area (Å²) in [6.45, 7) is 0. The topological polar surface area (TPSA) is 35.2 Å². The molecule has 18 heavy (non-hydrogen) atoms. The van der Waals surface area contributed by atoms with Crippen LogP contribution in [0.25, 0.3) is 0 Å². The van der Waals surface area contributed by atoms with Crippen molar-refractivity contribution in [2.75, 3.05) is 7.11 Å². The van der Waals surface area contributed by atoms with E-state index in [1.165, 1.54) is 24.5 Å². The van der Waals surface area contributed by atoms with E-state index in [2.05, 4.69) is 0 Å². The number of rotatable bonds is 3. The van der Waals surface area contributed by atoms with Gasteiger partial charge in [-0.15, -0.1) is 11.3 Å². The Kier molecular flexibility index (Phi) is 4.12. The summed E-state index contributed by atoms with van der Waals surface area (Å²) in [5.41, 5.74) is 6.96. The second-order valence-corrected chi connectivity index (χ2v) is 5.91. The molecule has 0 aliphatic rings. The molecule has 2 nitrogen and oxygen atoms in total. The maximum absolute atomic E-state index is 14.1. The summed E-state index contributed by atoms with van der Waals surface area (Å²) in [7, 11) is 1.40. The third kappa shape index (κ3) is 2.47. The summed E-state index contributed by atoms with van der Waals surface area (Å²) in [5.74, 6) is -0.328. The maximum Gasteiger partial charge on any atom is 0.170 e. The lowest BCUT2D eigenvalue weighted by molar-refractivity contribution is 0.383. The first kappa shape index (κ1) is 13.6. The minimum atomic E-state index is -0.670. The van der Waals surface area contributed by atoms with Crippen LogP contribution in [0.1, 0.15) is 17.2 Å². The molecule has 0 radical (unpaired) electrons. The van der Waals surface area contributed by atoms with Crippen LogP contribution >= 0.6 is 34.5 Å². The minimum Gasteiger partial charge on any atom is -0.494 e. The summed E-state index contributed by atoms with van der Waals surface area (Å²) in [5, 5.41) is 0. The van der Waals surface area contributed by atoms with Crippen LogP contribution in [0.2, 0.25) is 8.67 Å². The molecule has 0 amide bonds. The molecule has 1 aromatic carbocycles. The van der Waals surface area contributed by atoms with E-state index in [0.29, 0.717) is 19.8 Å². The Balaban J connectivity index is 2.46. The van der Waals surface area contributed by atoms with Gasteiger partial charge in [-0.3, -0.25) is 0 Å². The van der Waals surface area contributed by atoms with Gasteiger partial charge >= 0.3 is 0 Å². The third-order valence-corrected chi connectivity index (χ3v) is 4.08. The molecule has 1 aromatic heterocycles. The SMILES string of the molecule is COc1cccc(C(N)c2cc(Cl)sc2Cl)c1F. The quantitative estimate of drug-likeness (QED) is 0.920. The van der Waals surface area contributed by atoms with E-state index in [0.717, 1.165) is 0 Å². The van der Waals surface area contributed by atoms with Crippen LogP contribution in [0.4, 0.5) is 4.39 Å². The number of halogens is 3. The summed E-state index contributed by atoms with van der Waals surface area (Å²) in [6, 6.07) is 5.80. The molecule has 2 aromatic rings. The van der Waals surface area contributed by atoms with Crippen molar-refractivity contribution in [3.63, 3.8) is 0 Å². The molecule has 1 unspecified atom stereocenters. The zero-order valence-corrected chi connectivity index (χ0v) is 11.7. The van der Waals surface area contributed by atoms with E-state index in [9.17, 15) is 4.39 Å². The van der Waals surface area contributed by atoms with Gasteiger partial charge in [-0.05, 0) is 12.1 Å². The first-order valence-electron chi connectivity index (χ1n) is 5.07. The highest BCUT2D eigenvalue weighted by Crippen LogP contribution is 2.37. The molecule has 96 valence electrons. The monoisotopic (exact) mass is 305 g/mol. The van der Waals surface area contributed by atoms with Crippen molar-refractivity contribution < 1.29 is 9.13 Å². The Labute approximate surface area is 118 Å². The lowest BCUT2D eigenvalue weighted by Crippen LogP contribution is -2.13. The fourth-order valence-electron chi connectivity index (χ4n) is 1.66. The fraction of sp³-hybridized carbons (Fsp3) is 0.167. The lowest BCUT2D eigenvalue weighted by atomic mass is 10.0. The number of thiophene rings is 1. The van der Waals surface area contributed by atoms with E-state index in [4.69, 9.17) is 33.7 Å². The highest BCUT2D eigenvalue weighted by atomic mass is 35.5. The number of hydrogen-bond donors (Lipinski definition) is 1. The molecule has 1 atom stereocenters. The summed E-state index contributed by atoms with van der Waals surface area (Å²) < 4.78 is 20.0. The van der Waals surface area contributed by atoms with E-state index in [-0.39, 0.29) is 5.75 Å². The molecule has 6 heteroatoms.